The van der Waals surface area contributed by atoms with Crippen molar-refractivity contribution >= 4 is 50.4 Å². The van der Waals surface area contributed by atoms with Gasteiger partial charge < -0.3 is 41.5 Å². The van der Waals surface area contributed by atoms with Gasteiger partial charge >= 0.3 is 11.9 Å². The fourth-order valence-electron chi connectivity index (χ4n) is 3.91. The number of fused-ring (bicyclic) bond motifs is 1. The first-order valence-corrected chi connectivity index (χ1v) is 12.4. The number of carboxylic acid groups (broad SMARTS) is 2. The van der Waals surface area contributed by atoms with Crippen LogP contribution in [0, 0.1) is 5.92 Å². The molecule has 13 heteroatoms. The van der Waals surface area contributed by atoms with Crippen molar-refractivity contribution in [3.05, 3.63) is 34.4 Å². The van der Waals surface area contributed by atoms with Gasteiger partial charge in [-0.05, 0) is 79.8 Å². The summed E-state index contributed by atoms with van der Waals surface area (Å²) in [5, 5.41) is 46.3. The summed E-state index contributed by atoms with van der Waals surface area (Å²) in [5.74, 6) is -3.22. The summed E-state index contributed by atoms with van der Waals surface area (Å²) in [5.41, 5.74) is 7.17. The second-order valence-corrected chi connectivity index (χ2v) is 10.4. The lowest BCUT2D eigenvalue weighted by molar-refractivity contribution is -0.165. The second-order valence-electron chi connectivity index (χ2n) is 9.53. The van der Waals surface area contributed by atoms with Crippen LogP contribution in [0.1, 0.15) is 37.0 Å². The van der Waals surface area contributed by atoms with E-state index >= 15 is 0 Å². The van der Waals surface area contributed by atoms with E-state index in [9.17, 15) is 19.5 Å². The van der Waals surface area contributed by atoms with Gasteiger partial charge in [-0.2, -0.15) is 0 Å². The summed E-state index contributed by atoms with van der Waals surface area (Å²) in [7, 11) is 0. The Bertz CT molecular complexity index is 1100. The van der Waals surface area contributed by atoms with Crippen molar-refractivity contribution in [2.45, 2.75) is 44.5 Å². The number of aliphatic hydroxyl groups is 3. The standard InChI is InChI=1S/C20H27BrN4O2.C4H6O6/c1-20(2,27)12-25-8-5-13(6-9-25)11-24-19(26)15-10-16(21)17(22)14-4-3-7-23-18(14)15;5-1(3(7)8)2(6)4(9)10/h3-4,7,10,13,27H,5-6,8-9,11-12,22H2,1-2H3,(H,24,26);1-2,5-6H,(H,7,8)(H,9,10). The Labute approximate surface area is 222 Å². The van der Waals surface area contributed by atoms with E-state index in [0.29, 0.717) is 40.2 Å². The van der Waals surface area contributed by atoms with Gasteiger partial charge in [-0.15, -0.1) is 0 Å². The number of hydrogen-bond acceptors (Lipinski definition) is 9. The van der Waals surface area contributed by atoms with E-state index in [1.54, 1.807) is 12.3 Å². The van der Waals surface area contributed by atoms with Crippen LogP contribution in [0.2, 0.25) is 0 Å². The Kier molecular flexibility index (Phi) is 10.8. The van der Waals surface area contributed by atoms with Gasteiger partial charge in [-0.3, -0.25) is 9.78 Å². The summed E-state index contributed by atoms with van der Waals surface area (Å²) in [6, 6.07) is 5.43. The first kappa shape index (κ1) is 30.4. The number of piperidine rings is 1. The van der Waals surface area contributed by atoms with E-state index in [2.05, 4.69) is 31.1 Å². The molecule has 0 spiro atoms. The molecule has 0 saturated carbocycles. The molecule has 1 fully saturated rings. The number of nitrogens with one attached hydrogen (secondary N) is 1. The minimum absolute atomic E-state index is 0.127. The molecule has 12 nitrogen and oxygen atoms in total. The number of aliphatic hydroxyl groups excluding tert-OH is 2. The van der Waals surface area contributed by atoms with Gasteiger partial charge in [-0.25, -0.2) is 9.59 Å². The van der Waals surface area contributed by atoms with Crippen molar-refractivity contribution < 1.29 is 39.9 Å². The van der Waals surface area contributed by atoms with Crippen molar-refractivity contribution in [3.63, 3.8) is 0 Å². The van der Waals surface area contributed by atoms with Crippen LogP contribution in [0.4, 0.5) is 5.69 Å². The average molecular weight is 585 g/mol. The predicted molar refractivity (Wildman–Crippen MR) is 139 cm³/mol. The van der Waals surface area contributed by atoms with Gasteiger partial charge in [0.05, 0.1) is 22.4 Å². The number of carbonyl (C=O) groups is 3. The number of benzene rings is 1. The molecule has 1 amide bonds. The molecular formula is C24H33BrN4O8. The van der Waals surface area contributed by atoms with Gasteiger partial charge in [0.2, 0.25) is 0 Å². The summed E-state index contributed by atoms with van der Waals surface area (Å²) >= 11 is 3.43. The van der Waals surface area contributed by atoms with Crippen LogP contribution in [0.5, 0.6) is 0 Å². The van der Waals surface area contributed by atoms with Gasteiger partial charge in [-0.1, -0.05) is 0 Å². The number of aromatic nitrogens is 1. The number of likely N-dealkylation sites (tertiary alicyclic amines) is 1. The summed E-state index contributed by atoms with van der Waals surface area (Å²) in [6.07, 6.45) is -0.832. The molecule has 37 heavy (non-hydrogen) atoms. The normalized spacial score (nSPS) is 16.4. The molecule has 2 unspecified atom stereocenters. The highest BCUT2D eigenvalue weighted by Gasteiger charge is 2.29. The maximum absolute atomic E-state index is 12.8. The maximum atomic E-state index is 12.8. The topological polar surface area (TPSA) is 207 Å². The number of anilines is 1. The van der Waals surface area contributed by atoms with Crippen LogP contribution in [0.25, 0.3) is 10.9 Å². The number of pyridine rings is 1. The Hall–Kier alpha value is -2.84. The average Bonchev–Trinajstić information content (AvgIpc) is 2.84. The van der Waals surface area contributed by atoms with Gasteiger partial charge in [0.1, 0.15) is 0 Å². The number of aliphatic carboxylic acids is 2. The van der Waals surface area contributed by atoms with E-state index in [4.69, 9.17) is 26.2 Å². The number of carboxylic acids is 2. The Morgan fingerprint density at radius 3 is 2.27 bits per heavy atom. The molecule has 1 aliphatic rings. The number of nitrogens with two attached hydrogens (primary N) is 1. The van der Waals surface area contributed by atoms with Crippen LogP contribution in [-0.4, -0.2) is 97.3 Å². The number of halogens is 1. The highest BCUT2D eigenvalue weighted by molar-refractivity contribution is 9.10. The number of rotatable bonds is 8. The fraction of sp³-hybridized carbons (Fsp3) is 0.500. The van der Waals surface area contributed by atoms with E-state index in [0.717, 1.165) is 31.3 Å². The lowest BCUT2D eigenvalue weighted by Crippen LogP contribution is -2.44. The lowest BCUT2D eigenvalue weighted by atomic mass is 9.95. The summed E-state index contributed by atoms with van der Waals surface area (Å²) < 4.78 is 0.702. The summed E-state index contributed by atoms with van der Waals surface area (Å²) in [6.45, 7) is 6.89. The van der Waals surface area contributed by atoms with E-state index in [1.165, 1.54) is 0 Å². The molecule has 2 atom stereocenters. The van der Waals surface area contributed by atoms with Gasteiger partial charge in [0.25, 0.3) is 5.91 Å². The zero-order valence-corrected chi connectivity index (χ0v) is 22.2. The number of β-amino-alcohol motifs (C(OH)–C–C–N with tert-alkyl or cyclic N) is 1. The molecule has 0 aliphatic carbocycles. The van der Waals surface area contributed by atoms with Crippen molar-refractivity contribution in [1.82, 2.24) is 15.2 Å². The molecule has 8 N–H and O–H groups in total. The lowest BCUT2D eigenvalue weighted by Gasteiger charge is -2.35. The van der Waals surface area contributed by atoms with Crippen molar-refractivity contribution in [2.24, 2.45) is 5.92 Å². The van der Waals surface area contributed by atoms with E-state index in [1.807, 2.05) is 26.0 Å². The molecule has 1 aromatic heterocycles. The summed E-state index contributed by atoms with van der Waals surface area (Å²) in [4.78, 5) is 38.9. The second kappa shape index (κ2) is 13.1. The van der Waals surface area contributed by atoms with Crippen molar-refractivity contribution in [3.8, 4) is 0 Å². The van der Waals surface area contributed by atoms with E-state index in [-0.39, 0.29) is 5.91 Å². The minimum atomic E-state index is -2.27. The van der Waals surface area contributed by atoms with Crippen LogP contribution in [0.3, 0.4) is 0 Å². The third-order valence-corrected chi connectivity index (χ3v) is 6.46. The maximum Gasteiger partial charge on any atom is 0.335 e. The number of nitrogens with zero attached hydrogens (tertiary/aromatic N) is 2. The molecule has 1 saturated heterocycles. The van der Waals surface area contributed by atoms with Crippen LogP contribution < -0.4 is 11.1 Å². The van der Waals surface area contributed by atoms with Gasteiger partial charge in [0, 0.05) is 29.1 Å². The molecule has 0 bridgehead atoms. The monoisotopic (exact) mass is 584 g/mol. The molecule has 3 rings (SSSR count). The fourth-order valence-corrected chi connectivity index (χ4v) is 4.35. The van der Waals surface area contributed by atoms with Crippen molar-refractivity contribution in [1.29, 1.82) is 0 Å². The Balaban J connectivity index is 0.000000410. The minimum Gasteiger partial charge on any atom is -0.479 e. The SMILES string of the molecule is CC(C)(O)CN1CCC(CNC(=O)c2cc(Br)c(N)c3cccnc23)CC1.O=C(O)C(O)C(O)C(=O)O. The zero-order chi connectivity index (χ0) is 27.9. The smallest absolute Gasteiger partial charge is 0.335 e. The zero-order valence-electron chi connectivity index (χ0n) is 20.6. The predicted octanol–water partition coefficient (Wildman–Crippen LogP) is 0.670. The molecule has 0 radical (unpaired) electrons. The quantitative estimate of drug-likeness (QED) is 0.214. The van der Waals surface area contributed by atoms with Crippen LogP contribution in [0.15, 0.2) is 28.9 Å². The largest absolute Gasteiger partial charge is 0.479 e. The first-order valence-electron chi connectivity index (χ1n) is 11.6. The molecular weight excluding hydrogens is 552 g/mol. The third-order valence-electron chi connectivity index (χ3n) is 5.80. The molecule has 2 aromatic rings. The highest BCUT2D eigenvalue weighted by Crippen LogP contribution is 2.30. The third kappa shape index (κ3) is 8.90. The van der Waals surface area contributed by atoms with Gasteiger partial charge in [0.15, 0.2) is 12.2 Å². The van der Waals surface area contributed by atoms with E-state index < -0.39 is 29.7 Å². The number of nitrogen functional groups attached to an aromatic ring is 1. The van der Waals surface area contributed by atoms with Crippen molar-refractivity contribution in [2.75, 3.05) is 31.9 Å². The number of hydrogen-bond donors (Lipinski definition) is 7. The molecule has 1 aromatic carbocycles. The molecule has 2 heterocycles. The molecule has 204 valence electrons. The number of carbonyl (C=O) groups excluding carboxylic acids is 1. The highest BCUT2D eigenvalue weighted by atomic mass is 79.9. The first-order chi connectivity index (χ1) is 17.2. The van der Waals surface area contributed by atoms with Crippen LogP contribution in [-0.2, 0) is 9.59 Å². The Morgan fingerprint density at radius 2 is 1.76 bits per heavy atom. The van der Waals surface area contributed by atoms with Crippen LogP contribution >= 0.6 is 15.9 Å². The Morgan fingerprint density at radius 1 is 1.19 bits per heavy atom. The molecule has 1 aliphatic heterocycles. The number of amides is 1.